The molecule has 0 saturated carbocycles. The fourth-order valence-electron chi connectivity index (χ4n) is 2.04. The second-order valence-electron chi connectivity index (χ2n) is 4.74. The monoisotopic (exact) mass is 286 g/mol. The van der Waals surface area contributed by atoms with Crippen LogP contribution in [0.4, 0.5) is 5.69 Å². The number of carbonyl (C=O) groups is 2. The minimum absolute atomic E-state index is 0.135. The van der Waals surface area contributed by atoms with Gasteiger partial charge >= 0.3 is 11.8 Å². The van der Waals surface area contributed by atoms with Gasteiger partial charge in [-0.15, -0.1) is 0 Å². The quantitative estimate of drug-likeness (QED) is 0.596. The van der Waals surface area contributed by atoms with E-state index in [9.17, 15) is 14.7 Å². The Morgan fingerprint density at radius 2 is 1.76 bits per heavy atom. The van der Waals surface area contributed by atoms with Gasteiger partial charge in [0.15, 0.2) is 0 Å². The summed E-state index contributed by atoms with van der Waals surface area (Å²) < 4.78 is 0. The van der Waals surface area contributed by atoms with E-state index in [1.54, 1.807) is 36.4 Å². The van der Waals surface area contributed by atoms with Crippen molar-refractivity contribution in [1.29, 1.82) is 0 Å². The SMILES string of the molecule is CCCCNC(=O)C(=O)Nc1cccc2c(O)cccc12. The van der Waals surface area contributed by atoms with Gasteiger partial charge in [-0.1, -0.05) is 37.6 Å². The van der Waals surface area contributed by atoms with Crippen LogP contribution in [-0.2, 0) is 9.59 Å². The summed E-state index contributed by atoms with van der Waals surface area (Å²) >= 11 is 0. The second-order valence-corrected chi connectivity index (χ2v) is 4.74. The van der Waals surface area contributed by atoms with Gasteiger partial charge in [0.2, 0.25) is 0 Å². The molecular weight excluding hydrogens is 268 g/mol. The van der Waals surface area contributed by atoms with E-state index in [0.29, 0.717) is 23.0 Å². The van der Waals surface area contributed by atoms with Crippen molar-refractivity contribution in [3.05, 3.63) is 36.4 Å². The molecule has 110 valence electrons. The summed E-state index contributed by atoms with van der Waals surface area (Å²) in [6.45, 7) is 2.49. The number of amides is 2. The first-order valence-corrected chi connectivity index (χ1v) is 6.93. The summed E-state index contributed by atoms with van der Waals surface area (Å²) in [6.07, 6.45) is 1.78. The molecule has 0 radical (unpaired) electrons. The lowest BCUT2D eigenvalue weighted by atomic mass is 10.1. The van der Waals surface area contributed by atoms with Gasteiger partial charge in [-0.25, -0.2) is 0 Å². The smallest absolute Gasteiger partial charge is 0.313 e. The molecule has 0 aromatic heterocycles. The predicted molar refractivity (Wildman–Crippen MR) is 82.2 cm³/mol. The van der Waals surface area contributed by atoms with Gasteiger partial charge in [0.1, 0.15) is 5.75 Å². The molecule has 5 heteroatoms. The summed E-state index contributed by atoms with van der Waals surface area (Å²) in [5.74, 6) is -1.22. The van der Waals surface area contributed by atoms with Crippen LogP contribution in [0.5, 0.6) is 5.75 Å². The Bertz CT molecular complexity index is 668. The molecule has 0 saturated heterocycles. The topological polar surface area (TPSA) is 78.4 Å². The van der Waals surface area contributed by atoms with E-state index in [1.807, 2.05) is 6.92 Å². The summed E-state index contributed by atoms with van der Waals surface area (Å²) in [5, 5.41) is 16.2. The zero-order chi connectivity index (χ0) is 15.2. The Hall–Kier alpha value is -2.56. The van der Waals surface area contributed by atoms with E-state index in [1.165, 1.54) is 0 Å². The van der Waals surface area contributed by atoms with Gasteiger partial charge in [-0.3, -0.25) is 9.59 Å². The third kappa shape index (κ3) is 3.51. The number of anilines is 1. The van der Waals surface area contributed by atoms with Gasteiger partial charge in [-0.05, 0) is 18.6 Å². The summed E-state index contributed by atoms with van der Waals surface area (Å²) in [7, 11) is 0. The Morgan fingerprint density at radius 3 is 2.52 bits per heavy atom. The van der Waals surface area contributed by atoms with Crippen molar-refractivity contribution >= 4 is 28.3 Å². The minimum atomic E-state index is -0.707. The number of phenols is 1. The van der Waals surface area contributed by atoms with E-state index < -0.39 is 11.8 Å². The van der Waals surface area contributed by atoms with E-state index in [-0.39, 0.29) is 5.75 Å². The maximum atomic E-state index is 11.8. The number of fused-ring (bicyclic) bond motifs is 1. The van der Waals surface area contributed by atoms with E-state index in [4.69, 9.17) is 0 Å². The third-order valence-electron chi connectivity index (χ3n) is 3.17. The van der Waals surface area contributed by atoms with Gasteiger partial charge in [-0.2, -0.15) is 0 Å². The van der Waals surface area contributed by atoms with Crippen LogP contribution >= 0.6 is 0 Å². The lowest BCUT2D eigenvalue weighted by molar-refractivity contribution is -0.136. The fraction of sp³-hybridized carbons (Fsp3) is 0.250. The average molecular weight is 286 g/mol. The van der Waals surface area contributed by atoms with Crippen LogP contribution in [0.25, 0.3) is 10.8 Å². The number of hydrogen-bond acceptors (Lipinski definition) is 3. The number of nitrogens with one attached hydrogen (secondary N) is 2. The molecule has 2 aromatic rings. The number of rotatable bonds is 4. The van der Waals surface area contributed by atoms with Crippen LogP contribution in [0.3, 0.4) is 0 Å². The molecule has 0 spiro atoms. The highest BCUT2D eigenvalue weighted by atomic mass is 16.3. The molecule has 0 aliphatic rings. The number of carbonyl (C=O) groups excluding carboxylic acids is 2. The molecular formula is C16H18N2O3. The van der Waals surface area contributed by atoms with E-state index in [2.05, 4.69) is 10.6 Å². The van der Waals surface area contributed by atoms with Crippen LogP contribution in [0.15, 0.2) is 36.4 Å². The number of phenolic OH excluding ortho intramolecular Hbond substituents is 1. The molecule has 2 aromatic carbocycles. The fourth-order valence-corrected chi connectivity index (χ4v) is 2.04. The van der Waals surface area contributed by atoms with Crippen LogP contribution < -0.4 is 10.6 Å². The minimum Gasteiger partial charge on any atom is -0.507 e. The molecule has 0 aliphatic carbocycles. The second kappa shape index (κ2) is 6.74. The Balaban J connectivity index is 2.14. The standard InChI is InChI=1S/C16H18N2O3/c1-2-3-10-17-15(20)16(21)18-13-8-4-7-12-11(13)6-5-9-14(12)19/h4-9,19H,2-3,10H2,1H3,(H,17,20)(H,18,21). The Labute approximate surface area is 123 Å². The largest absolute Gasteiger partial charge is 0.507 e. The summed E-state index contributed by atoms with van der Waals surface area (Å²) in [4.78, 5) is 23.5. The van der Waals surface area contributed by atoms with Gasteiger partial charge < -0.3 is 15.7 Å². The molecule has 2 rings (SSSR count). The first-order valence-electron chi connectivity index (χ1n) is 6.93. The number of hydrogen-bond donors (Lipinski definition) is 3. The molecule has 2 amide bonds. The van der Waals surface area contributed by atoms with Crippen molar-refractivity contribution in [3.63, 3.8) is 0 Å². The van der Waals surface area contributed by atoms with E-state index >= 15 is 0 Å². The molecule has 21 heavy (non-hydrogen) atoms. The zero-order valence-electron chi connectivity index (χ0n) is 11.8. The molecule has 3 N–H and O–H groups in total. The number of unbranched alkanes of at least 4 members (excludes halogenated alkanes) is 1. The Kier molecular flexibility index (Phi) is 4.77. The normalized spacial score (nSPS) is 10.3. The lowest BCUT2D eigenvalue weighted by Crippen LogP contribution is -2.35. The van der Waals surface area contributed by atoms with Crippen molar-refractivity contribution in [2.24, 2.45) is 0 Å². The molecule has 0 bridgehead atoms. The molecule has 0 heterocycles. The maximum Gasteiger partial charge on any atom is 0.313 e. The molecule has 0 unspecified atom stereocenters. The van der Waals surface area contributed by atoms with Crippen LogP contribution in [-0.4, -0.2) is 23.5 Å². The van der Waals surface area contributed by atoms with Crippen molar-refractivity contribution in [1.82, 2.24) is 5.32 Å². The first kappa shape index (κ1) is 14.8. The van der Waals surface area contributed by atoms with Crippen molar-refractivity contribution < 1.29 is 14.7 Å². The summed E-state index contributed by atoms with van der Waals surface area (Å²) in [6, 6.07) is 10.2. The number of aromatic hydroxyl groups is 1. The van der Waals surface area contributed by atoms with Crippen LogP contribution in [0, 0.1) is 0 Å². The van der Waals surface area contributed by atoms with Crippen molar-refractivity contribution in [2.45, 2.75) is 19.8 Å². The number of benzene rings is 2. The molecule has 0 atom stereocenters. The van der Waals surface area contributed by atoms with E-state index in [0.717, 1.165) is 12.8 Å². The van der Waals surface area contributed by atoms with Crippen molar-refractivity contribution in [2.75, 3.05) is 11.9 Å². The Morgan fingerprint density at radius 1 is 1.05 bits per heavy atom. The highest BCUT2D eigenvalue weighted by Gasteiger charge is 2.14. The third-order valence-corrected chi connectivity index (χ3v) is 3.17. The molecule has 5 nitrogen and oxygen atoms in total. The van der Waals surface area contributed by atoms with Gasteiger partial charge in [0, 0.05) is 23.0 Å². The highest BCUT2D eigenvalue weighted by Crippen LogP contribution is 2.29. The summed E-state index contributed by atoms with van der Waals surface area (Å²) in [5.41, 5.74) is 0.499. The van der Waals surface area contributed by atoms with Crippen molar-refractivity contribution in [3.8, 4) is 5.75 Å². The lowest BCUT2D eigenvalue weighted by Gasteiger charge is -2.09. The predicted octanol–water partition coefficient (Wildman–Crippen LogP) is 2.40. The first-order chi connectivity index (χ1) is 10.1. The average Bonchev–Trinajstić information content (AvgIpc) is 2.48. The van der Waals surface area contributed by atoms with Crippen LogP contribution in [0.2, 0.25) is 0 Å². The van der Waals surface area contributed by atoms with Gasteiger partial charge in [0.25, 0.3) is 0 Å². The molecule has 0 fully saturated rings. The molecule has 0 aliphatic heterocycles. The van der Waals surface area contributed by atoms with Crippen LogP contribution in [0.1, 0.15) is 19.8 Å². The zero-order valence-corrected chi connectivity index (χ0v) is 11.8. The maximum absolute atomic E-state index is 11.8. The van der Waals surface area contributed by atoms with Gasteiger partial charge in [0.05, 0.1) is 0 Å². The highest BCUT2D eigenvalue weighted by molar-refractivity contribution is 6.40.